The number of carboxylic acid groups (broad SMARTS) is 1. The summed E-state index contributed by atoms with van der Waals surface area (Å²) in [4.78, 5) is 27.5. The molecule has 1 aliphatic rings. The van der Waals surface area contributed by atoms with Gasteiger partial charge in [0.15, 0.2) is 0 Å². The highest BCUT2D eigenvalue weighted by molar-refractivity contribution is 7.98. The normalized spacial score (nSPS) is 15.6. The third kappa shape index (κ3) is 5.75. The number of carboxylic acids is 1. The summed E-state index contributed by atoms with van der Waals surface area (Å²) in [6.07, 6.45) is 1.66. The van der Waals surface area contributed by atoms with Crippen LogP contribution in [-0.2, 0) is 10.5 Å². The number of carbonyl (C=O) groups excluding carboxylic acids is 1. The molecule has 138 valence electrons. The maximum atomic E-state index is 12.7. The van der Waals surface area contributed by atoms with Crippen LogP contribution in [0.2, 0.25) is 0 Å². The fourth-order valence-electron chi connectivity index (χ4n) is 3.25. The zero-order valence-corrected chi connectivity index (χ0v) is 15.9. The van der Waals surface area contributed by atoms with E-state index in [0.29, 0.717) is 13.1 Å². The van der Waals surface area contributed by atoms with Crippen LogP contribution in [0.5, 0.6) is 0 Å². The SMILES string of the molecule is CCSCc1ccc(C(=O)N2CCC(N(CC)CC(=O)O)CC2)cc1. The molecule has 0 radical (unpaired) electrons. The minimum Gasteiger partial charge on any atom is -0.480 e. The van der Waals surface area contributed by atoms with Crippen molar-refractivity contribution in [3.63, 3.8) is 0 Å². The summed E-state index contributed by atoms with van der Waals surface area (Å²) in [5.74, 6) is 1.36. The number of hydrogen-bond donors (Lipinski definition) is 1. The van der Waals surface area contributed by atoms with Crippen molar-refractivity contribution in [1.82, 2.24) is 9.80 Å². The van der Waals surface area contributed by atoms with Gasteiger partial charge in [-0.15, -0.1) is 0 Å². The van der Waals surface area contributed by atoms with Crippen LogP contribution < -0.4 is 0 Å². The van der Waals surface area contributed by atoms with Crippen molar-refractivity contribution in [2.75, 3.05) is 31.9 Å². The van der Waals surface area contributed by atoms with Crippen molar-refractivity contribution in [3.8, 4) is 0 Å². The number of hydrogen-bond acceptors (Lipinski definition) is 4. The highest BCUT2D eigenvalue weighted by Gasteiger charge is 2.27. The van der Waals surface area contributed by atoms with Crippen molar-refractivity contribution >= 4 is 23.6 Å². The molecule has 2 rings (SSSR count). The summed E-state index contributed by atoms with van der Waals surface area (Å²) < 4.78 is 0. The lowest BCUT2D eigenvalue weighted by Crippen LogP contribution is -2.48. The fourth-order valence-corrected chi connectivity index (χ4v) is 3.89. The van der Waals surface area contributed by atoms with Gasteiger partial charge in [-0.1, -0.05) is 26.0 Å². The summed E-state index contributed by atoms with van der Waals surface area (Å²) in [5, 5.41) is 9.00. The van der Waals surface area contributed by atoms with E-state index in [4.69, 9.17) is 5.11 Å². The molecule has 25 heavy (non-hydrogen) atoms. The Bertz CT molecular complexity index is 569. The standard InChI is InChI=1S/C19H28N2O3S/c1-3-20(13-18(22)23)17-9-11-21(12-10-17)19(24)16-7-5-15(6-8-16)14-25-4-2/h5-8,17H,3-4,9-14H2,1-2H3,(H,22,23). The molecule has 0 aliphatic carbocycles. The molecule has 6 heteroatoms. The van der Waals surface area contributed by atoms with Crippen LogP contribution in [0, 0.1) is 0 Å². The number of aliphatic carboxylic acids is 1. The Balaban J connectivity index is 1.89. The predicted octanol–water partition coefficient (Wildman–Crippen LogP) is 2.95. The average molecular weight is 365 g/mol. The molecular weight excluding hydrogens is 336 g/mol. The van der Waals surface area contributed by atoms with Gasteiger partial charge in [0, 0.05) is 30.4 Å². The summed E-state index contributed by atoms with van der Waals surface area (Å²) in [6, 6.07) is 8.16. The van der Waals surface area contributed by atoms with Gasteiger partial charge in [0.05, 0.1) is 6.54 Å². The molecule has 0 saturated carbocycles. The van der Waals surface area contributed by atoms with E-state index in [1.54, 1.807) is 0 Å². The molecule has 1 aromatic carbocycles. The smallest absolute Gasteiger partial charge is 0.317 e. The van der Waals surface area contributed by atoms with Gasteiger partial charge in [0.1, 0.15) is 0 Å². The largest absolute Gasteiger partial charge is 0.480 e. The van der Waals surface area contributed by atoms with E-state index in [2.05, 4.69) is 6.92 Å². The Morgan fingerprint density at radius 3 is 2.36 bits per heavy atom. The molecule has 1 fully saturated rings. The minimum atomic E-state index is -0.790. The van der Waals surface area contributed by atoms with Gasteiger partial charge in [-0.3, -0.25) is 14.5 Å². The van der Waals surface area contributed by atoms with Crippen LogP contribution in [0.25, 0.3) is 0 Å². The highest BCUT2D eigenvalue weighted by atomic mass is 32.2. The predicted molar refractivity (Wildman–Crippen MR) is 102 cm³/mol. The van der Waals surface area contributed by atoms with Gasteiger partial charge >= 0.3 is 5.97 Å². The van der Waals surface area contributed by atoms with E-state index >= 15 is 0 Å². The van der Waals surface area contributed by atoms with Crippen LogP contribution >= 0.6 is 11.8 Å². The van der Waals surface area contributed by atoms with E-state index in [1.165, 1.54) is 5.56 Å². The second-order valence-corrected chi connectivity index (χ2v) is 7.59. The molecule has 0 bridgehead atoms. The number of thioether (sulfide) groups is 1. The monoisotopic (exact) mass is 364 g/mol. The van der Waals surface area contributed by atoms with Gasteiger partial charge in [0.25, 0.3) is 5.91 Å². The van der Waals surface area contributed by atoms with E-state index in [9.17, 15) is 9.59 Å². The lowest BCUT2D eigenvalue weighted by molar-refractivity contribution is -0.139. The zero-order chi connectivity index (χ0) is 18.2. The van der Waals surface area contributed by atoms with Crippen molar-refractivity contribution in [3.05, 3.63) is 35.4 Å². The van der Waals surface area contributed by atoms with E-state index < -0.39 is 5.97 Å². The summed E-state index contributed by atoms with van der Waals surface area (Å²) in [6.45, 7) is 6.30. The highest BCUT2D eigenvalue weighted by Crippen LogP contribution is 2.19. The Morgan fingerprint density at radius 2 is 1.84 bits per heavy atom. The topological polar surface area (TPSA) is 60.9 Å². The molecule has 1 aromatic rings. The molecule has 0 spiro atoms. The average Bonchev–Trinajstić information content (AvgIpc) is 2.64. The third-order valence-electron chi connectivity index (χ3n) is 4.69. The second kappa shape index (κ2) is 9.82. The zero-order valence-electron chi connectivity index (χ0n) is 15.1. The number of rotatable bonds is 8. The molecule has 1 amide bonds. The first-order valence-electron chi connectivity index (χ1n) is 8.97. The maximum Gasteiger partial charge on any atom is 0.317 e. The molecule has 0 unspecified atom stereocenters. The van der Waals surface area contributed by atoms with Crippen molar-refractivity contribution in [2.45, 2.75) is 38.5 Å². The van der Waals surface area contributed by atoms with Crippen LogP contribution in [0.4, 0.5) is 0 Å². The van der Waals surface area contributed by atoms with Crippen molar-refractivity contribution < 1.29 is 14.7 Å². The molecule has 1 heterocycles. The molecule has 1 N–H and O–H groups in total. The number of likely N-dealkylation sites (N-methyl/N-ethyl adjacent to an activating group) is 1. The van der Waals surface area contributed by atoms with Gasteiger partial charge in [0.2, 0.25) is 0 Å². The molecule has 0 atom stereocenters. The lowest BCUT2D eigenvalue weighted by atomic mass is 10.0. The number of benzene rings is 1. The van der Waals surface area contributed by atoms with E-state index in [1.807, 2.05) is 52.8 Å². The number of amides is 1. The molecular formula is C19H28N2O3S. The first-order chi connectivity index (χ1) is 12.0. The van der Waals surface area contributed by atoms with E-state index in [-0.39, 0.29) is 18.5 Å². The number of piperidine rings is 1. The van der Waals surface area contributed by atoms with Crippen molar-refractivity contribution in [2.24, 2.45) is 0 Å². The first-order valence-corrected chi connectivity index (χ1v) is 10.1. The van der Waals surface area contributed by atoms with Crippen LogP contribution in [0.3, 0.4) is 0 Å². The molecule has 5 nitrogen and oxygen atoms in total. The van der Waals surface area contributed by atoms with E-state index in [0.717, 1.165) is 36.5 Å². The third-order valence-corrected chi connectivity index (χ3v) is 5.63. The number of likely N-dealkylation sites (tertiary alicyclic amines) is 1. The maximum absolute atomic E-state index is 12.7. The Hall–Kier alpha value is -1.53. The van der Waals surface area contributed by atoms with Crippen LogP contribution in [0.15, 0.2) is 24.3 Å². The summed E-state index contributed by atoms with van der Waals surface area (Å²) in [5.41, 5.74) is 1.98. The molecule has 0 aromatic heterocycles. The second-order valence-electron chi connectivity index (χ2n) is 6.31. The molecule has 1 saturated heterocycles. The van der Waals surface area contributed by atoms with Crippen LogP contribution in [0.1, 0.15) is 42.6 Å². The quantitative estimate of drug-likeness (QED) is 0.768. The first kappa shape index (κ1) is 19.8. The molecule has 1 aliphatic heterocycles. The van der Waals surface area contributed by atoms with Gasteiger partial charge in [-0.2, -0.15) is 11.8 Å². The Kier molecular flexibility index (Phi) is 7.78. The van der Waals surface area contributed by atoms with Gasteiger partial charge < -0.3 is 10.0 Å². The Morgan fingerprint density at radius 1 is 1.20 bits per heavy atom. The van der Waals surface area contributed by atoms with Gasteiger partial charge in [-0.05, 0) is 42.8 Å². The summed E-state index contributed by atoms with van der Waals surface area (Å²) >= 11 is 1.87. The Labute approximate surface area is 154 Å². The van der Waals surface area contributed by atoms with Crippen LogP contribution in [-0.4, -0.2) is 64.8 Å². The van der Waals surface area contributed by atoms with Crippen molar-refractivity contribution in [1.29, 1.82) is 0 Å². The fraction of sp³-hybridized carbons (Fsp3) is 0.579. The lowest BCUT2D eigenvalue weighted by Gasteiger charge is -2.37. The summed E-state index contributed by atoms with van der Waals surface area (Å²) in [7, 11) is 0. The van der Waals surface area contributed by atoms with Gasteiger partial charge in [-0.25, -0.2) is 0 Å². The number of nitrogens with zero attached hydrogens (tertiary/aromatic N) is 2. The number of carbonyl (C=O) groups is 2. The minimum absolute atomic E-state index is 0.0757.